The zero-order valence-corrected chi connectivity index (χ0v) is 11.8. The van der Waals surface area contributed by atoms with Gasteiger partial charge < -0.3 is 5.32 Å². The van der Waals surface area contributed by atoms with Gasteiger partial charge in [0.1, 0.15) is 0 Å². The fourth-order valence-electron chi connectivity index (χ4n) is 2.18. The van der Waals surface area contributed by atoms with Gasteiger partial charge in [0.05, 0.1) is 4.92 Å². The molecule has 0 bridgehead atoms. The second kappa shape index (κ2) is 5.85. The van der Waals surface area contributed by atoms with Crippen LogP contribution in [-0.4, -0.2) is 11.0 Å². The van der Waals surface area contributed by atoms with Gasteiger partial charge in [-0.25, -0.2) is 0 Å². The molecule has 0 amide bonds. The summed E-state index contributed by atoms with van der Waals surface area (Å²) in [5.41, 5.74) is 2.80. The van der Waals surface area contributed by atoms with Gasteiger partial charge in [-0.2, -0.15) is 0 Å². The lowest BCUT2D eigenvalue weighted by Gasteiger charge is -2.19. The molecule has 0 spiro atoms. The molecule has 4 nitrogen and oxygen atoms in total. The van der Waals surface area contributed by atoms with Crippen molar-refractivity contribution in [2.24, 2.45) is 5.92 Å². The Kier molecular flexibility index (Phi) is 4.70. The highest BCUT2D eigenvalue weighted by Crippen LogP contribution is 2.26. The van der Waals surface area contributed by atoms with E-state index in [0.717, 1.165) is 17.7 Å². The Balaban J connectivity index is 2.91. The maximum atomic E-state index is 10.8. The van der Waals surface area contributed by atoms with Crippen LogP contribution in [0.2, 0.25) is 0 Å². The van der Waals surface area contributed by atoms with E-state index in [-0.39, 0.29) is 10.6 Å². The van der Waals surface area contributed by atoms with Crippen LogP contribution in [0.5, 0.6) is 0 Å². The first-order valence-electron chi connectivity index (χ1n) is 6.33. The van der Waals surface area contributed by atoms with E-state index >= 15 is 0 Å². The van der Waals surface area contributed by atoms with Crippen molar-refractivity contribution in [3.05, 3.63) is 33.4 Å². The van der Waals surface area contributed by atoms with Crippen LogP contribution in [0.15, 0.2) is 12.1 Å². The highest BCUT2D eigenvalue weighted by atomic mass is 16.6. The number of aryl methyl sites for hydroxylation is 2. The highest BCUT2D eigenvalue weighted by molar-refractivity contribution is 5.59. The van der Waals surface area contributed by atoms with Crippen LogP contribution in [0.4, 0.5) is 11.4 Å². The topological polar surface area (TPSA) is 55.2 Å². The second-order valence-electron chi connectivity index (χ2n) is 5.39. The van der Waals surface area contributed by atoms with Gasteiger partial charge in [0.25, 0.3) is 5.69 Å². The van der Waals surface area contributed by atoms with Crippen LogP contribution in [0.25, 0.3) is 0 Å². The van der Waals surface area contributed by atoms with Crippen LogP contribution in [0.3, 0.4) is 0 Å². The third-order valence-corrected chi connectivity index (χ3v) is 2.97. The summed E-state index contributed by atoms with van der Waals surface area (Å²) in [5.74, 6) is 0.631. The summed E-state index contributed by atoms with van der Waals surface area (Å²) in [5, 5.41) is 14.3. The molecule has 1 atom stereocenters. The molecule has 1 unspecified atom stereocenters. The maximum Gasteiger partial charge on any atom is 0.272 e. The molecule has 0 aliphatic rings. The van der Waals surface area contributed by atoms with Gasteiger partial charge in [-0.05, 0) is 44.7 Å². The Bertz CT molecular complexity index is 442. The average Bonchev–Trinajstić information content (AvgIpc) is 2.21. The number of rotatable bonds is 5. The van der Waals surface area contributed by atoms with Gasteiger partial charge >= 0.3 is 0 Å². The van der Waals surface area contributed by atoms with Gasteiger partial charge in [0.15, 0.2) is 0 Å². The van der Waals surface area contributed by atoms with Crippen molar-refractivity contribution < 1.29 is 4.92 Å². The molecule has 0 heterocycles. The summed E-state index contributed by atoms with van der Waals surface area (Å²) in [7, 11) is 0. The van der Waals surface area contributed by atoms with E-state index < -0.39 is 0 Å². The minimum Gasteiger partial charge on any atom is -0.382 e. The molecule has 0 saturated heterocycles. The highest BCUT2D eigenvalue weighted by Gasteiger charge is 2.14. The number of hydrogen-bond acceptors (Lipinski definition) is 3. The van der Waals surface area contributed by atoms with E-state index in [4.69, 9.17) is 0 Å². The first-order valence-corrected chi connectivity index (χ1v) is 6.33. The van der Waals surface area contributed by atoms with Crippen LogP contribution < -0.4 is 5.32 Å². The zero-order valence-electron chi connectivity index (χ0n) is 11.8. The molecule has 100 valence electrons. The van der Waals surface area contributed by atoms with Gasteiger partial charge in [0, 0.05) is 23.4 Å². The Labute approximate surface area is 109 Å². The fraction of sp³-hybridized carbons (Fsp3) is 0.571. The predicted octanol–water partition coefficient (Wildman–Crippen LogP) is 4.06. The Morgan fingerprint density at radius 2 is 1.83 bits per heavy atom. The van der Waals surface area contributed by atoms with Crippen molar-refractivity contribution >= 4 is 11.4 Å². The third kappa shape index (κ3) is 3.72. The summed E-state index contributed by atoms with van der Waals surface area (Å²) < 4.78 is 0. The molecule has 0 radical (unpaired) electrons. The molecule has 4 heteroatoms. The van der Waals surface area contributed by atoms with Crippen molar-refractivity contribution in [1.82, 2.24) is 0 Å². The number of anilines is 1. The lowest BCUT2D eigenvalue weighted by atomic mass is 10.0. The lowest BCUT2D eigenvalue weighted by Crippen LogP contribution is -2.18. The van der Waals surface area contributed by atoms with Crippen molar-refractivity contribution in [3.63, 3.8) is 0 Å². The van der Waals surface area contributed by atoms with E-state index in [0.29, 0.717) is 17.5 Å². The third-order valence-electron chi connectivity index (χ3n) is 2.97. The van der Waals surface area contributed by atoms with Crippen LogP contribution in [0.1, 0.15) is 38.3 Å². The number of nitrogens with zero attached hydrogens (tertiary/aromatic N) is 1. The fourth-order valence-corrected chi connectivity index (χ4v) is 2.18. The lowest BCUT2D eigenvalue weighted by molar-refractivity contribution is -0.385. The molecule has 0 aliphatic carbocycles. The van der Waals surface area contributed by atoms with E-state index in [1.807, 2.05) is 13.0 Å². The number of nitro groups is 1. The summed E-state index contributed by atoms with van der Waals surface area (Å²) in [4.78, 5) is 10.5. The Hall–Kier alpha value is -1.58. The first-order chi connectivity index (χ1) is 8.31. The molecule has 1 aromatic carbocycles. The van der Waals surface area contributed by atoms with Crippen LogP contribution in [-0.2, 0) is 0 Å². The first kappa shape index (κ1) is 14.5. The molecule has 1 N–H and O–H groups in total. The Morgan fingerprint density at radius 3 is 2.33 bits per heavy atom. The largest absolute Gasteiger partial charge is 0.382 e. The number of hydrogen-bond donors (Lipinski definition) is 1. The normalized spacial score (nSPS) is 12.6. The monoisotopic (exact) mass is 250 g/mol. The maximum absolute atomic E-state index is 10.8. The molecular formula is C14H22N2O2. The second-order valence-corrected chi connectivity index (χ2v) is 5.39. The van der Waals surface area contributed by atoms with Crippen LogP contribution in [0, 0.1) is 29.9 Å². The summed E-state index contributed by atoms with van der Waals surface area (Å²) >= 11 is 0. The van der Waals surface area contributed by atoms with Gasteiger partial charge in [-0.15, -0.1) is 0 Å². The summed E-state index contributed by atoms with van der Waals surface area (Å²) in [6.07, 6.45) is 1.08. The minimum absolute atomic E-state index is 0.189. The molecule has 0 aromatic heterocycles. The van der Waals surface area contributed by atoms with Crippen LogP contribution >= 0.6 is 0 Å². The molecule has 1 rings (SSSR count). The molecule has 0 saturated carbocycles. The smallest absolute Gasteiger partial charge is 0.272 e. The van der Waals surface area contributed by atoms with E-state index in [1.165, 1.54) is 0 Å². The molecule has 18 heavy (non-hydrogen) atoms. The quantitative estimate of drug-likeness (QED) is 0.633. The molecule has 1 aromatic rings. The van der Waals surface area contributed by atoms with Crippen molar-refractivity contribution in [2.45, 2.75) is 47.1 Å². The van der Waals surface area contributed by atoms with Gasteiger partial charge in [-0.1, -0.05) is 13.8 Å². The average molecular weight is 250 g/mol. The van der Waals surface area contributed by atoms with E-state index in [1.54, 1.807) is 13.0 Å². The zero-order chi connectivity index (χ0) is 13.9. The van der Waals surface area contributed by atoms with Crippen molar-refractivity contribution in [1.29, 1.82) is 0 Å². The molecule has 0 aliphatic heterocycles. The number of benzene rings is 1. The van der Waals surface area contributed by atoms with Gasteiger partial charge in [-0.3, -0.25) is 10.1 Å². The van der Waals surface area contributed by atoms with E-state index in [2.05, 4.69) is 26.1 Å². The summed E-state index contributed by atoms with van der Waals surface area (Å²) in [6.45, 7) is 10.2. The SMILES string of the molecule is Cc1cc([N+](=O)[O-])c(C)cc1NC(C)CC(C)C. The predicted molar refractivity (Wildman–Crippen MR) is 75.1 cm³/mol. The van der Waals surface area contributed by atoms with E-state index in [9.17, 15) is 10.1 Å². The number of nitrogens with one attached hydrogen (secondary N) is 1. The number of nitro benzene ring substituents is 1. The van der Waals surface area contributed by atoms with Gasteiger partial charge in [0.2, 0.25) is 0 Å². The molecule has 0 fully saturated rings. The Morgan fingerprint density at radius 1 is 1.22 bits per heavy atom. The van der Waals surface area contributed by atoms with Crippen molar-refractivity contribution in [2.75, 3.05) is 5.32 Å². The standard InChI is InChI=1S/C14H22N2O2/c1-9(2)6-12(5)15-13-7-11(4)14(16(17)18)8-10(13)3/h7-9,12,15H,6H2,1-5H3. The molecular weight excluding hydrogens is 228 g/mol. The van der Waals surface area contributed by atoms with Crippen molar-refractivity contribution in [3.8, 4) is 0 Å². The summed E-state index contributed by atoms with van der Waals surface area (Å²) in [6, 6.07) is 3.87. The minimum atomic E-state index is -0.330.